The normalized spacial score (nSPS) is 10.0. The Labute approximate surface area is 237 Å². The van der Waals surface area contributed by atoms with Crippen LogP contribution in [-0.2, 0) is 20.1 Å². The summed E-state index contributed by atoms with van der Waals surface area (Å²) in [5.74, 6) is 0.720. The molecule has 38 heavy (non-hydrogen) atoms. The van der Waals surface area contributed by atoms with E-state index in [0.717, 1.165) is 33.9 Å². The molecule has 0 aliphatic rings. The van der Waals surface area contributed by atoms with Gasteiger partial charge in [0.15, 0.2) is 0 Å². The summed E-state index contributed by atoms with van der Waals surface area (Å²) in [5, 5.41) is 0. The zero-order chi connectivity index (χ0) is 25.3. The SMILES string of the molecule is Cc1ccnc(-c2[c-]ccc(-c3ccccc3)c2)n1.[Ir].[c-]1ccccc1-c1cc(-c2ccccc2)ccn1. The van der Waals surface area contributed by atoms with Crippen molar-refractivity contribution >= 4 is 0 Å². The van der Waals surface area contributed by atoms with E-state index in [0.29, 0.717) is 0 Å². The number of nitrogens with zero attached hydrogens (tertiary/aromatic N) is 3. The first-order valence-electron chi connectivity index (χ1n) is 12.1. The molecule has 4 heteroatoms. The molecule has 0 saturated carbocycles. The van der Waals surface area contributed by atoms with Crippen LogP contribution in [0.2, 0.25) is 0 Å². The molecule has 0 amide bonds. The number of hydrogen-bond donors (Lipinski definition) is 0. The summed E-state index contributed by atoms with van der Waals surface area (Å²) in [5.41, 5.74) is 8.58. The van der Waals surface area contributed by atoms with E-state index in [1.54, 1.807) is 6.20 Å². The number of hydrogen-bond acceptors (Lipinski definition) is 3. The zero-order valence-corrected chi connectivity index (χ0v) is 23.3. The first-order chi connectivity index (χ1) is 18.3. The van der Waals surface area contributed by atoms with Gasteiger partial charge in [0, 0.05) is 38.2 Å². The van der Waals surface area contributed by atoms with Crippen LogP contribution in [-0.4, -0.2) is 15.0 Å². The van der Waals surface area contributed by atoms with Crippen molar-refractivity contribution in [3.63, 3.8) is 0 Å². The molecule has 0 N–H and O–H groups in total. The molecule has 1 radical (unpaired) electrons. The van der Waals surface area contributed by atoms with E-state index in [-0.39, 0.29) is 20.1 Å². The third-order valence-corrected chi connectivity index (χ3v) is 5.80. The fraction of sp³-hybridized carbons (Fsp3) is 0.0294. The van der Waals surface area contributed by atoms with Gasteiger partial charge < -0.3 is 4.98 Å². The van der Waals surface area contributed by atoms with Gasteiger partial charge in [-0.3, -0.25) is 9.97 Å². The van der Waals surface area contributed by atoms with Crippen LogP contribution in [0.15, 0.2) is 134 Å². The Hall–Kier alpha value is -4.24. The summed E-state index contributed by atoms with van der Waals surface area (Å²) in [6.45, 7) is 1.96. The van der Waals surface area contributed by atoms with Gasteiger partial charge in [-0.2, -0.15) is 0 Å². The summed E-state index contributed by atoms with van der Waals surface area (Å²) >= 11 is 0. The molecule has 6 aromatic rings. The summed E-state index contributed by atoms with van der Waals surface area (Å²) in [7, 11) is 0. The zero-order valence-electron chi connectivity index (χ0n) is 20.9. The van der Waals surface area contributed by atoms with Crippen LogP contribution in [0, 0.1) is 19.1 Å². The minimum atomic E-state index is 0. The Morgan fingerprint density at radius 1 is 0.526 bits per heavy atom. The van der Waals surface area contributed by atoms with Crippen molar-refractivity contribution in [1.82, 2.24) is 15.0 Å². The summed E-state index contributed by atoms with van der Waals surface area (Å²) < 4.78 is 0. The molecule has 2 aromatic heterocycles. The fourth-order valence-electron chi connectivity index (χ4n) is 3.93. The van der Waals surface area contributed by atoms with Crippen molar-refractivity contribution in [1.29, 1.82) is 0 Å². The molecule has 0 spiro atoms. The monoisotopic (exact) mass is 668 g/mol. The van der Waals surface area contributed by atoms with E-state index in [1.165, 1.54) is 16.7 Å². The first-order valence-corrected chi connectivity index (χ1v) is 12.1. The van der Waals surface area contributed by atoms with Crippen LogP contribution in [0.5, 0.6) is 0 Å². The Kier molecular flexibility index (Phi) is 9.42. The molecule has 0 bridgehead atoms. The van der Waals surface area contributed by atoms with Gasteiger partial charge in [-0.05, 0) is 41.4 Å². The van der Waals surface area contributed by atoms with Crippen molar-refractivity contribution < 1.29 is 20.1 Å². The van der Waals surface area contributed by atoms with Crippen LogP contribution in [0.25, 0.3) is 44.9 Å². The standard InChI is InChI=1S/C17H13N2.C17H12N.Ir/c1-13-10-11-18-17(19-13)16-9-5-8-15(12-16)14-6-3-2-4-7-14;1-3-7-14(8-4-1)16-11-12-18-17(13-16)15-9-5-2-6-10-15;/h2-8,10-12H,1H3;1-9,11-13H;/q2*-1;. The molecule has 0 atom stereocenters. The Bertz CT molecular complexity index is 1520. The second kappa shape index (κ2) is 13.3. The van der Waals surface area contributed by atoms with E-state index >= 15 is 0 Å². The van der Waals surface area contributed by atoms with Gasteiger partial charge in [-0.15, -0.1) is 71.3 Å². The van der Waals surface area contributed by atoms with Crippen molar-refractivity contribution in [3.8, 4) is 44.9 Å². The van der Waals surface area contributed by atoms with Gasteiger partial charge >= 0.3 is 0 Å². The fourth-order valence-corrected chi connectivity index (χ4v) is 3.93. The molecule has 3 nitrogen and oxygen atoms in total. The number of rotatable bonds is 4. The molecule has 187 valence electrons. The van der Waals surface area contributed by atoms with Crippen molar-refractivity contribution in [2.24, 2.45) is 0 Å². The van der Waals surface area contributed by atoms with Crippen LogP contribution < -0.4 is 0 Å². The Morgan fingerprint density at radius 2 is 1.16 bits per heavy atom. The second-order valence-corrected chi connectivity index (χ2v) is 8.45. The van der Waals surface area contributed by atoms with Crippen molar-refractivity contribution in [2.45, 2.75) is 6.92 Å². The van der Waals surface area contributed by atoms with Crippen LogP contribution in [0.1, 0.15) is 5.69 Å². The van der Waals surface area contributed by atoms with Crippen LogP contribution >= 0.6 is 0 Å². The molecular formula is C34H25IrN3-2. The molecule has 6 rings (SSSR count). The number of benzene rings is 4. The van der Waals surface area contributed by atoms with E-state index in [4.69, 9.17) is 0 Å². The second-order valence-electron chi connectivity index (χ2n) is 8.45. The molecule has 0 aliphatic heterocycles. The molecule has 0 fully saturated rings. The summed E-state index contributed by atoms with van der Waals surface area (Å²) in [6.07, 6.45) is 3.62. The van der Waals surface area contributed by atoms with Gasteiger partial charge in [0.1, 0.15) is 0 Å². The number of aromatic nitrogens is 3. The summed E-state index contributed by atoms with van der Waals surface area (Å²) in [6, 6.07) is 47.0. The van der Waals surface area contributed by atoms with Gasteiger partial charge in [0.25, 0.3) is 0 Å². The maximum atomic E-state index is 4.44. The first kappa shape index (κ1) is 26.8. The quantitative estimate of drug-likeness (QED) is 0.178. The molecular weight excluding hydrogens is 643 g/mol. The minimum Gasteiger partial charge on any atom is -0.305 e. The predicted molar refractivity (Wildman–Crippen MR) is 150 cm³/mol. The number of pyridine rings is 1. The third kappa shape index (κ3) is 6.95. The predicted octanol–water partition coefficient (Wildman–Crippen LogP) is 8.13. The van der Waals surface area contributed by atoms with Crippen molar-refractivity contribution in [3.05, 3.63) is 152 Å². The van der Waals surface area contributed by atoms with E-state index in [1.807, 2.05) is 92.0 Å². The minimum absolute atomic E-state index is 0. The maximum absolute atomic E-state index is 4.44. The largest absolute Gasteiger partial charge is 0.305 e. The topological polar surface area (TPSA) is 38.7 Å². The molecule has 0 saturated heterocycles. The van der Waals surface area contributed by atoms with Gasteiger partial charge in [0.05, 0.1) is 5.82 Å². The molecule has 0 unspecified atom stereocenters. The Morgan fingerprint density at radius 3 is 1.82 bits per heavy atom. The van der Waals surface area contributed by atoms with Gasteiger partial charge in [-0.25, -0.2) is 0 Å². The maximum Gasteiger partial charge on any atom is 0.0751 e. The van der Waals surface area contributed by atoms with Crippen LogP contribution in [0.4, 0.5) is 0 Å². The average Bonchev–Trinajstić information content (AvgIpc) is 2.99. The smallest absolute Gasteiger partial charge is 0.0751 e. The molecule has 4 aromatic carbocycles. The molecule has 2 heterocycles. The van der Waals surface area contributed by atoms with Crippen LogP contribution in [0.3, 0.4) is 0 Å². The number of aryl methyl sites for hydroxylation is 1. The Balaban J connectivity index is 0.000000173. The van der Waals surface area contributed by atoms with Gasteiger partial charge in [-0.1, -0.05) is 66.7 Å². The van der Waals surface area contributed by atoms with E-state index in [2.05, 4.69) is 69.5 Å². The third-order valence-electron chi connectivity index (χ3n) is 5.80. The van der Waals surface area contributed by atoms with Gasteiger partial charge in [0.2, 0.25) is 0 Å². The summed E-state index contributed by atoms with van der Waals surface area (Å²) in [4.78, 5) is 13.1. The van der Waals surface area contributed by atoms with E-state index < -0.39 is 0 Å². The average molecular weight is 668 g/mol. The van der Waals surface area contributed by atoms with E-state index in [9.17, 15) is 0 Å². The van der Waals surface area contributed by atoms with Crippen molar-refractivity contribution in [2.75, 3.05) is 0 Å². The molecule has 0 aliphatic carbocycles.